The van der Waals surface area contributed by atoms with Gasteiger partial charge in [0.1, 0.15) is 5.75 Å². The van der Waals surface area contributed by atoms with Gasteiger partial charge >= 0.3 is 0 Å². The monoisotopic (exact) mass is 271 g/mol. The van der Waals surface area contributed by atoms with Gasteiger partial charge in [0.05, 0.1) is 24.2 Å². The Labute approximate surface area is 120 Å². The van der Waals surface area contributed by atoms with E-state index in [0.29, 0.717) is 0 Å². The highest BCUT2D eigenvalue weighted by atomic mass is 16.5. The molecule has 106 valence electrons. The molecule has 2 aliphatic carbocycles. The first-order valence-corrected chi connectivity index (χ1v) is 7.34. The molecule has 3 atom stereocenters. The van der Waals surface area contributed by atoms with Crippen LogP contribution in [0.2, 0.25) is 0 Å². The summed E-state index contributed by atoms with van der Waals surface area (Å²) in [5.41, 5.74) is 0.925. The molecule has 1 unspecified atom stereocenters. The van der Waals surface area contributed by atoms with Crippen molar-refractivity contribution < 1.29 is 9.84 Å². The Morgan fingerprint density at radius 2 is 2.20 bits per heavy atom. The van der Waals surface area contributed by atoms with Gasteiger partial charge in [0.15, 0.2) is 0 Å². The summed E-state index contributed by atoms with van der Waals surface area (Å²) in [5, 5.41) is 20.8. The van der Waals surface area contributed by atoms with Crippen LogP contribution in [0.3, 0.4) is 0 Å². The fourth-order valence-corrected chi connectivity index (χ4v) is 4.24. The molecule has 0 spiro atoms. The third-order valence-electron chi connectivity index (χ3n) is 5.34. The zero-order valence-electron chi connectivity index (χ0n) is 12.1. The predicted octanol–water partition coefficient (Wildman–Crippen LogP) is 3.16. The number of nitriles is 1. The number of rotatable bonds is 1. The number of hydrogen-bond donors (Lipinski definition) is 1. The molecule has 0 heterocycles. The van der Waals surface area contributed by atoms with E-state index >= 15 is 0 Å². The van der Waals surface area contributed by atoms with Gasteiger partial charge in [-0.25, -0.2) is 0 Å². The number of hydrogen-bond acceptors (Lipinski definition) is 3. The van der Waals surface area contributed by atoms with Gasteiger partial charge in [-0.15, -0.1) is 0 Å². The molecule has 1 saturated carbocycles. The second kappa shape index (κ2) is 4.49. The molecule has 3 nitrogen and oxygen atoms in total. The summed E-state index contributed by atoms with van der Waals surface area (Å²) >= 11 is 0. The number of methoxy groups -OCH3 is 1. The molecule has 0 bridgehead atoms. The maximum absolute atomic E-state index is 11.3. The van der Waals surface area contributed by atoms with E-state index in [1.54, 1.807) is 7.11 Å². The van der Waals surface area contributed by atoms with Crippen molar-refractivity contribution in [2.24, 2.45) is 11.3 Å². The summed E-state index contributed by atoms with van der Waals surface area (Å²) in [7, 11) is 1.66. The normalized spacial score (nSPS) is 35.6. The summed E-state index contributed by atoms with van der Waals surface area (Å²) in [6.45, 7) is 2.01. The van der Waals surface area contributed by atoms with Crippen LogP contribution >= 0.6 is 0 Å². The van der Waals surface area contributed by atoms with Gasteiger partial charge in [-0.05, 0) is 62.3 Å². The van der Waals surface area contributed by atoms with Crippen LogP contribution in [-0.2, 0) is 12.0 Å². The third-order valence-corrected chi connectivity index (χ3v) is 5.34. The predicted molar refractivity (Wildman–Crippen MR) is 76.3 cm³/mol. The maximum Gasteiger partial charge on any atom is 0.119 e. The fraction of sp³-hybridized carbons (Fsp3) is 0.588. The van der Waals surface area contributed by atoms with E-state index < -0.39 is 11.0 Å². The van der Waals surface area contributed by atoms with Crippen molar-refractivity contribution in [2.45, 2.75) is 44.6 Å². The van der Waals surface area contributed by atoms with Crippen molar-refractivity contribution in [1.29, 1.82) is 5.26 Å². The average molecular weight is 271 g/mol. The first-order valence-electron chi connectivity index (χ1n) is 7.34. The molecule has 3 rings (SSSR count). The van der Waals surface area contributed by atoms with Crippen LogP contribution in [0.5, 0.6) is 5.75 Å². The summed E-state index contributed by atoms with van der Waals surface area (Å²) in [6, 6.07) is 8.41. The number of aliphatic hydroxyl groups is 1. The lowest BCUT2D eigenvalue weighted by Crippen LogP contribution is -2.50. The molecule has 20 heavy (non-hydrogen) atoms. The van der Waals surface area contributed by atoms with Gasteiger partial charge in [-0.2, -0.15) is 5.26 Å². The van der Waals surface area contributed by atoms with Crippen LogP contribution in [0.4, 0.5) is 0 Å². The van der Waals surface area contributed by atoms with Gasteiger partial charge in [0.25, 0.3) is 0 Å². The minimum atomic E-state index is -0.845. The van der Waals surface area contributed by atoms with Crippen molar-refractivity contribution in [3.8, 4) is 11.8 Å². The van der Waals surface area contributed by atoms with Crippen molar-refractivity contribution in [2.75, 3.05) is 7.11 Å². The highest BCUT2D eigenvalue weighted by molar-refractivity contribution is 5.42. The SMILES string of the molecule is COc1ccc2c(c1)CCC1[C@@](C)(C#N)CCC[C@]21O. The Balaban J connectivity index is 2.09. The molecule has 3 heteroatoms. The zero-order chi connectivity index (χ0) is 14.4. The van der Waals surface area contributed by atoms with E-state index in [9.17, 15) is 10.4 Å². The van der Waals surface area contributed by atoms with Gasteiger partial charge in [-0.1, -0.05) is 6.07 Å². The summed E-state index contributed by atoms with van der Waals surface area (Å²) < 4.78 is 5.28. The number of aryl methyl sites for hydroxylation is 1. The first-order chi connectivity index (χ1) is 9.53. The number of benzene rings is 1. The van der Waals surface area contributed by atoms with E-state index in [2.05, 4.69) is 6.07 Å². The molecule has 0 amide bonds. The molecule has 0 aliphatic heterocycles. The molecule has 1 fully saturated rings. The van der Waals surface area contributed by atoms with Gasteiger partial charge < -0.3 is 9.84 Å². The summed E-state index contributed by atoms with van der Waals surface area (Å²) in [4.78, 5) is 0. The van der Waals surface area contributed by atoms with Gasteiger partial charge in [0.2, 0.25) is 0 Å². The molecule has 0 radical (unpaired) electrons. The van der Waals surface area contributed by atoms with E-state index in [0.717, 1.165) is 43.4 Å². The van der Waals surface area contributed by atoms with E-state index in [1.807, 2.05) is 25.1 Å². The van der Waals surface area contributed by atoms with E-state index in [4.69, 9.17) is 4.74 Å². The lowest BCUT2D eigenvalue weighted by atomic mass is 9.55. The zero-order valence-corrected chi connectivity index (χ0v) is 12.1. The van der Waals surface area contributed by atoms with E-state index in [-0.39, 0.29) is 5.92 Å². The standard InChI is InChI=1S/C17H21NO2/c1-16(11-18)8-3-9-17(19)14-6-5-13(20-2)10-12(14)4-7-15(16)17/h5-6,10,15,19H,3-4,7-9H2,1-2H3/t15?,16-,17+/m1/s1. The lowest BCUT2D eigenvalue weighted by Gasteiger charge is -2.51. The van der Waals surface area contributed by atoms with Crippen molar-refractivity contribution >= 4 is 0 Å². The van der Waals surface area contributed by atoms with Crippen LogP contribution in [0.25, 0.3) is 0 Å². The minimum absolute atomic E-state index is 0.0367. The van der Waals surface area contributed by atoms with Crippen LogP contribution in [0.1, 0.15) is 43.7 Å². The van der Waals surface area contributed by atoms with Crippen LogP contribution in [0, 0.1) is 22.7 Å². The lowest BCUT2D eigenvalue weighted by molar-refractivity contribution is -0.106. The first kappa shape index (κ1) is 13.5. The molecular formula is C17H21NO2. The minimum Gasteiger partial charge on any atom is -0.497 e. The van der Waals surface area contributed by atoms with Crippen molar-refractivity contribution in [3.05, 3.63) is 29.3 Å². The smallest absolute Gasteiger partial charge is 0.119 e. The highest BCUT2D eigenvalue weighted by Gasteiger charge is 2.53. The highest BCUT2D eigenvalue weighted by Crippen LogP contribution is 2.55. The number of ether oxygens (including phenoxy) is 1. The summed E-state index contributed by atoms with van der Waals surface area (Å²) in [6.07, 6.45) is 4.34. The molecule has 1 N–H and O–H groups in total. The largest absolute Gasteiger partial charge is 0.497 e. The van der Waals surface area contributed by atoms with Crippen molar-refractivity contribution in [3.63, 3.8) is 0 Å². The van der Waals surface area contributed by atoms with Crippen LogP contribution in [-0.4, -0.2) is 12.2 Å². The molecule has 0 aromatic heterocycles. The second-order valence-electron chi connectivity index (χ2n) is 6.42. The average Bonchev–Trinajstić information content (AvgIpc) is 2.46. The molecule has 1 aromatic carbocycles. The molecular weight excluding hydrogens is 250 g/mol. The molecule has 2 aliphatic rings. The van der Waals surface area contributed by atoms with Crippen LogP contribution < -0.4 is 4.74 Å². The van der Waals surface area contributed by atoms with E-state index in [1.165, 1.54) is 5.56 Å². The number of fused-ring (bicyclic) bond motifs is 3. The number of nitrogens with zero attached hydrogens (tertiary/aromatic N) is 1. The fourth-order valence-electron chi connectivity index (χ4n) is 4.24. The Morgan fingerprint density at radius 3 is 2.90 bits per heavy atom. The Hall–Kier alpha value is -1.53. The molecule has 1 aromatic rings. The molecule has 0 saturated heterocycles. The van der Waals surface area contributed by atoms with Crippen LogP contribution in [0.15, 0.2) is 18.2 Å². The maximum atomic E-state index is 11.3. The van der Waals surface area contributed by atoms with Crippen molar-refractivity contribution in [1.82, 2.24) is 0 Å². The Bertz CT molecular complexity index is 577. The van der Waals surface area contributed by atoms with Gasteiger partial charge in [-0.3, -0.25) is 0 Å². The second-order valence-corrected chi connectivity index (χ2v) is 6.42. The Morgan fingerprint density at radius 1 is 1.40 bits per heavy atom. The van der Waals surface area contributed by atoms with Gasteiger partial charge in [0, 0.05) is 5.92 Å². The third kappa shape index (κ3) is 1.75. The topological polar surface area (TPSA) is 53.2 Å². The quantitative estimate of drug-likeness (QED) is 0.853. The Kier molecular flexibility index (Phi) is 3.02. The summed E-state index contributed by atoms with van der Waals surface area (Å²) in [5.74, 6) is 0.874.